The molecule has 1 heterocycles. The Balaban J connectivity index is 2.59. The molecule has 2 rings (SSSR count). The normalized spacial score (nSPS) is 11.3. The molecule has 0 N–H and O–H groups in total. The van der Waals surface area contributed by atoms with Crippen LogP contribution in [0.15, 0.2) is 29.2 Å². The van der Waals surface area contributed by atoms with Crippen LogP contribution < -0.4 is 14.1 Å². The molecular formula is C15H18N3O5S-. The second kappa shape index (κ2) is 6.52. The first-order valence-electron chi connectivity index (χ1n) is 7.05. The third kappa shape index (κ3) is 3.21. The lowest BCUT2D eigenvalue weighted by molar-refractivity contribution is -0.303. The number of carboxylic acid groups (broad SMARTS) is 1. The third-order valence-electron chi connectivity index (χ3n) is 3.62. The van der Waals surface area contributed by atoms with Crippen molar-refractivity contribution in [2.45, 2.75) is 18.7 Å². The number of hydrogen-bond donors (Lipinski definition) is 0. The van der Waals surface area contributed by atoms with Crippen LogP contribution in [0.2, 0.25) is 0 Å². The predicted molar refractivity (Wildman–Crippen MR) is 85.2 cm³/mol. The van der Waals surface area contributed by atoms with E-state index in [0.717, 1.165) is 4.31 Å². The van der Waals surface area contributed by atoms with E-state index in [4.69, 9.17) is 4.74 Å². The fourth-order valence-electron chi connectivity index (χ4n) is 2.42. The van der Waals surface area contributed by atoms with Gasteiger partial charge in [-0.3, -0.25) is 8.99 Å². The van der Waals surface area contributed by atoms with E-state index in [9.17, 15) is 18.3 Å². The molecule has 0 aliphatic rings. The van der Waals surface area contributed by atoms with Crippen LogP contribution in [0.4, 0.5) is 5.69 Å². The van der Waals surface area contributed by atoms with Crippen molar-refractivity contribution in [1.82, 2.24) is 9.78 Å². The highest BCUT2D eigenvalue weighted by Gasteiger charge is 2.31. The zero-order valence-corrected chi connectivity index (χ0v) is 14.6. The van der Waals surface area contributed by atoms with Gasteiger partial charge in [0.2, 0.25) is 0 Å². The molecule has 0 saturated carbocycles. The molecule has 0 radical (unpaired) electrons. The largest absolute Gasteiger partial charge is 0.548 e. The molecule has 1 aromatic heterocycles. The van der Waals surface area contributed by atoms with Crippen LogP contribution >= 0.6 is 0 Å². The molecule has 9 heteroatoms. The number of benzene rings is 1. The van der Waals surface area contributed by atoms with Crippen molar-refractivity contribution >= 4 is 21.7 Å². The zero-order chi connectivity index (χ0) is 18.1. The first-order valence-corrected chi connectivity index (χ1v) is 8.49. The van der Waals surface area contributed by atoms with Crippen molar-refractivity contribution in [2.75, 3.05) is 18.0 Å². The van der Waals surface area contributed by atoms with E-state index in [1.165, 1.54) is 23.9 Å². The van der Waals surface area contributed by atoms with E-state index in [-0.39, 0.29) is 10.6 Å². The molecule has 24 heavy (non-hydrogen) atoms. The zero-order valence-electron chi connectivity index (χ0n) is 13.8. The lowest BCUT2D eigenvalue weighted by Crippen LogP contribution is -2.42. The van der Waals surface area contributed by atoms with Gasteiger partial charge in [-0.1, -0.05) is 0 Å². The summed E-state index contributed by atoms with van der Waals surface area (Å²) in [6.07, 6.45) is 0. The summed E-state index contributed by atoms with van der Waals surface area (Å²) in [7, 11) is -1.02. The molecule has 1 aromatic carbocycles. The van der Waals surface area contributed by atoms with Crippen molar-refractivity contribution in [1.29, 1.82) is 0 Å². The average molecular weight is 352 g/mol. The Labute approximate surface area is 140 Å². The number of ether oxygens (including phenoxy) is 1. The Morgan fingerprint density at radius 3 is 2.29 bits per heavy atom. The number of methoxy groups -OCH3 is 1. The van der Waals surface area contributed by atoms with Crippen molar-refractivity contribution in [2.24, 2.45) is 7.05 Å². The maximum Gasteiger partial charge on any atom is 0.268 e. The van der Waals surface area contributed by atoms with Crippen LogP contribution in [-0.4, -0.2) is 37.8 Å². The van der Waals surface area contributed by atoms with Crippen LogP contribution in [0.25, 0.3) is 0 Å². The minimum absolute atomic E-state index is 0.0120. The monoisotopic (exact) mass is 352 g/mol. The number of aromatic nitrogens is 2. The van der Waals surface area contributed by atoms with E-state index < -0.39 is 22.5 Å². The lowest BCUT2D eigenvalue weighted by atomic mass is 10.3. The molecule has 0 spiro atoms. The number of rotatable bonds is 6. The number of anilines is 1. The molecule has 0 fully saturated rings. The summed E-state index contributed by atoms with van der Waals surface area (Å²) in [6.45, 7) is 2.37. The summed E-state index contributed by atoms with van der Waals surface area (Å²) in [5.41, 5.74) is 0.916. The molecular weight excluding hydrogens is 334 g/mol. The van der Waals surface area contributed by atoms with Crippen LogP contribution in [0, 0.1) is 13.8 Å². The quantitative estimate of drug-likeness (QED) is 0.724. The molecule has 0 aliphatic heterocycles. The number of carbonyl (C=O) groups is 1. The number of hydrogen-bond acceptors (Lipinski definition) is 6. The average Bonchev–Trinajstić information content (AvgIpc) is 2.78. The van der Waals surface area contributed by atoms with Gasteiger partial charge in [0.1, 0.15) is 10.6 Å². The van der Waals surface area contributed by atoms with Gasteiger partial charge < -0.3 is 14.6 Å². The molecule has 130 valence electrons. The number of carboxylic acids is 1. The van der Waals surface area contributed by atoms with E-state index >= 15 is 0 Å². The van der Waals surface area contributed by atoms with Crippen LogP contribution in [0.1, 0.15) is 11.4 Å². The van der Waals surface area contributed by atoms with Gasteiger partial charge in [-0.15, -0.1) is 0 Å². The first kappa shape index (κ1) is 17.8. The standard InChI is InChI=1S/C15H19N3O5S/c1-10-15(11(2)17(3)16-10)24(21,22)18(9-14(19)20)12-5-7-13(23-4)8-6-12/h5-8H,9H2,1-4H3,(H,19,20)/p-1. The van der Waals surface area contributed by atoms with E-state index in [1.54, 1.807) is 33.0 Å². The van der Waals surface area contributed by atoms with Gasteiger partial charge in [0.15, 0.2) is 0 Å². The molecule has 0 amide bonds. The van der Waals surface area contributed by atoms with Crippen LogP contribution in [0.3, 0.4) is 0 Å². The highest BCUT2D eigenvalue weighted by atomic mass is 32.2. The summed E-state index contributed by atoms with van der Waals surface area (Å²) in [4.78, 5) is 11.1. The van der Waals surface area contributed by atoms with Gasteiger partial charge in [-0.2, -0.15) is 5.10 Å². The molecule has 0 bridgehead atoms. The van der Waals surface area contributed by atoms with Crippen molar-refractivity contribution in [3.63, 3.8) is 0 Å². The second-order valence-electron chi connectivity index (χ2n) is 5.21. The fraction of sp³-hybridized carbons (Fsp3) is 0.333. The Hall–Kier alpha value is -2.55. The number of nitrogens with zero attached hydrogens (tertiary/aromatic N) is 3. The highest BCUT2D eigenvalue weighted by Crippen LogP contribution is 2.28. The van der Waals surface area contributed by atoms with Gasteiger partial charge in [-0.05, 0) is 38.1 Å². The Morgan fingerprint density at radius 2 is 1.88 bits per heavy atom. The molecule has 8 nitrogen and oxygen atoms in total. The van der Waals surface area contributed by atoms with Crippen LogP contribution in [0.5, 0.6) is 5.75 Å². The second-order valence-corrected chi connectivity index (χ2v) is 7.00. The SMILES string of the molecule is COc1ccc(N(CC(=O)[O-])S(=O)(=O)c2c(C)nn(C)c2C)cc1. The van der Waals surface area contributed by atoms with Gasteiger partial charge in [0.05, 0.1) is 36.7 Å². The maximum atomic E-state index is 13.0. The van der Waals surface area contributed by atoms with Crippen molar-refractivity contribution < 1.29 is 23.1 Å². The summed E-state index contributed by atoms with van der Waals surface area (Å²) >= 11 is 0. The number of sulfonamides is 1. The van der Waals surface area contributed by atoms with Gasteiger partial charge >= 0.3 is 0 Å². The summed E-state index contributed by atoms with van der Waals surface area (Å²) in [5, 5.41) is 15.2. The number of carbonyl (C=O) groups excluding carboxylic acids is 1. The smallest absolute Gasteiger partial charge is 0.268 e. The highest BCUT2D eigenvalue weighted by molar-refractivity contribution is 7.93. The minimum Gasteiger partial charge on any atom is -0.548 e. The topological polar surface area (TPSA) is 105 Å². The van der Waals surface area contributed by atoms with Gasteiger partial charge in [0.25, 0.3) is 10.0 Å². The molecule has 0 unspecified atom stereocenters. The predicted octanol–water partition coefficient (Wildman–Crippen LogP) is -0.00926. The minimum atomic E-state index is -4.12. The lowest BCUT2D eigenvalue weighted by Gasteiger charge is -2.25. The molecule has 0 atom stereocenters. The van der Waals surface area contributed by atoms with E-state index in [2.05, 4.69) is 5.10 Å². The van der Waals surface area contributed by atoms with Crippen molar-refractivity contribution in [3.8, 4) is 5.75 Å². The summed E-state index contributed by atoms with van der Waals surface area (Å²) < 4.78 is 33.3. The summed E-state index contributed by atoms with van der Waals surface area (Å²) in [6, 6.07) is 6.05. The van der Waals surface area contributed by atoms with Gasteiger partial charge in [0, 0.05) is 7.05 Å². The maximum absolute atomic E-state index is 13.0. The van der Waals surface area contributed by atoms with Gasteiger partial charge in [-0.25, -0.2) is 8.42 Å². The fourth-order valence-corrected chi connectivity index (χ4v) is 4.23. The van der Waals surface area contributed by atoms with E-state index in [0.29, 0.717) is 17.1 Å². The molecule has 0 aliphatic carbocycles. The van der Waals surface area contributed by atoms with E-state index in [1.807, 2.05) is 0 Å². The first-order chi connectivity index (χ1) is 11.2. The number of aryl methyl sites for hydroxylation is 2. The van der Waals surface area contributed by atoms with Crippen molar-refractivity contribution in [3.05, 3.63) is 35.7 Å². The van der Waals surface area contributed by atoms with Crippen LogP contribution in [-0.2, 0) is 21.9 Å². The Morgan fingerprint density at radius 1 is 1.29 bits per heavy atom. The summed E-state index contributed by atoms with van der Waals surface area (Å²) in [5.74, 6) is -0.980. The molecule has 0 saturated heterocycles. The third-order valence-corrected chi connectivity index (χ3v) is 5.65. The Kier molecular flexibility index (Phi) is 4.83. The molecule has 2 aromatic rings. The Bertz CT molecular complexity index is 856. The number of aliphatic carboxylic acids is 1.